The molecule has 0 atom stereocenters. The highest BCUT2D eigenvalue weighted by atomic mass is 35.5. The van der Waals surface area contributed by atoms with Gasteiger partial charge in [-0.25, -0.2) is 4.98 Å². The molecule has 2 heterocycles. The van der Waals surface area contributed by atoms with Gasteiger partial charge in [-0.3, -0.25) is 9.78 Å². The summed E-state index contributed by atoms with van der Waals surface area (Å²) >= 11 is 7.72. The number of halogens is 1. The number of benzene rings is 2. The van der Waals surface area contributed by atoms with Crippen LogP contribution >= 0.6 is 23.4 Å². The minimum Gasteiger partial charge on any atom is -0.352 e. The van der Waals surface area contributed by atoms with Gasteiger partial charge in [0.2, 0.25) is 0 Å². The molecule has 0 spiro atoms. The van der Waals surface area contributed by atoms with Crippen LogP contribution in [0.2, 0.25) is 5.02 Å². The quantitative estimate of drug-likeness (QED) is 0.191. The Kier molecular flexibility index (Phi) is 8.04. The molecule has 2 aromatic carbocycles. The van der Waals surface area contributed by atoms with Gasteiger partial charge < -0.3 is 9.88 Å². The first-order valence-corrected chi connectivity index (χ1v) is 13.7. The first kappa shape index (κ1) is 24.6. The Morgan fingerprint density at radius 3 is 2.61 bits per heavy atom. The Labute approximate surface area is 221 Å². The van der Waals surface area contributed by atoms with Crippen LogP contribution in [0, 0.1) is 0 Å². The van der Waals surface area contributed by atoms with E-state index in [4.69, 9.17) is 16.6 Å². The summed E-state index contributed by atoms with van der Waals surface area (Å²) in [5.41, 5.74) is 6.38. The van der Waals surface area contributed by atoms with Gasteiger partial charge >= 0.3 is 0 Å². The monoisotopic (exact) mass is 516 g/mol. The zero-order valence-electron chi connectivity index (χ0n) is 20.1. The van der Waals surface area contributed by atoms with Gasteiger partial charge in [0.1, 0.15) is 0 Å². The van der Waals surface area contributed by atoms with E-state index in [0.717, 1.165) is 38.9 Å². The smallest absolute Gasteiger partial charge is 0.251 e. The average Bonchev–Trinajstić information content (AvgIpc) is 3.26. The van der Waals surface area contributed by atoms with Gasteiger partial charge in [0.05, 0.1) is 23.8 Å². The van der Waals surface area contributed by atoms with Crippen molar-refractivity contribution in [3.05, 3.63) is 100 Å². The lowest BCUT2D eigenvalue weighted by atomic mass is 9.97. The van der Waals surface area contributed by atoms with Crippen LogP contribution < -0.4 is 5.32 Å². The summed E-state index contributed by atoms with van der Waals surface area (Å²) in [6.45, 7) is 1.34. The number of amides is 1. The van der Waals surface area contributed by atoms with E-state index in [0.29, 0.717) is 18.7 Å². The largest absolute Gasteiger partial charge is 0.352 e. The van der Waals surface area contributed by atoms with E-state index in [1.54, 1.807) is 18.0 Å². The van der Waals surface area contributed by atoms with Gasteiger partial charge in [-0.2, -0.15) is 0 Å². The fourth-order valence-corrected chi connectivity index (χ4v) is 5.55. The zero-order chi connectivity index (χ0) is 24.7. The summed E-state index contributed by atoms with van der Waals surface area (Å²) in [6.07, 6.45) is 11.8. The molecule has 2 aromatic heterocycles. The molecule has 5 nitrogen and oxygen atoms in total. The lowest BCUT2D eigenvalue weighted by Gasteiger charge is -2.13. The van der Waals surface area contributed by atoms with E-state index in [9.17, 15) is 4.79 Å². The molecule has 0 aliphatic heterocycles. The van der Waals surface area contributed by atoms with Gasteiger partial charge in [-0.1, -0.05) is 59.3 Å². The third-order valence-corrected chi connectivity index (χ3v) is 7.77. The minimum atomic E-state index is -0.0190. The Bertz CT molecular complexity index is 1360. The van der Waals surface area contributed by atoms with Gasteiger partial charge in [0.25, 0.3) is 5.91 Å². The molecule has 7 heteroatoms. The Morgan fingerprint density at radius 2 is 1.83 bits per heavy atom. The van der Waals surface area contributed by atoms with E-state index >= 15 is 0 Å². The normalized spacial score (nSPS) is 13.5. The second kappa shape index (κ2) is 11.8. The third-order valence-electron chi connectivity index (χ3n) is 6.47. The highest BCUT2D eigenvalue weighted by molar-refractivity contribution is 7.98. The van der Waals surface area contributed by atoms with Crippen LogP contribution in [0.1, 0.15) is 53.6 Å². The zero-order valence-corrected chi connectivity index (χ0v) is 21.7. The molecule has 184 valence electrons. The molecule has 1 aliphatic carbocycles. The highest BCUT2D eigenvalue weighted by Gasteiger charge is 2.13. The molecular weight excluding hydrogens is 488 g/mol. The van der Waals surface area contributed by atoms with Crippen molar-refractivity contribution in [1.82, 2.24) is 19.9 Å². The minimum absolute atomic E-state index is 0.0190. The summed E-state index contributed by atoms with van der Waals surface area (Å²) in [5, 5.41) is 4.74. The molecule has 1 amide bonds. The number of pyridine rings is 1. The molecular formula is C29H29ClN4OS. The van der Waals surface area contributed by atoms with Gasteiger partial charge in [0, 0.05) is 29.1 Å². The van der Waals surface area contributed by atoms with Crippen LogP contribution in [0.15, 0.2) is 83.8 Å². The molecule has 4 aromatic rings. The van der Waals surface area contributed by atoms with Crippen LogP contribution in [0.25, 0.3) is 11.0 Å². The topological polar surface area (TPSA) is 59.8 Å². The van der Waals surface area contributed by atoms with E-state index in [1.165, 1.54) is 36.8 Å². The number of aromatic nitrogens is 3. The molecule has 1 aliphatic rings. The molecule has 0 fully saturated rings. The number of carbonyl (C=O) groups excluding carboxylic acids is 1. The number of rotatable bonds is 9. The number of nitrogens with zero attached hydrogens (tertiary/aromatic N) is 3. The predicted octanol–water partition coefficient (Wildman–Crippen LogP) is 7.05. The van der Waals surface area contributed by atoms with Crippen molar-refractivity contribution < 1.29 is 4.79 Å². The lowest BCUT2D eigenvalue weighted by Crippen LogP contribution is -2.24. The standard InChI is InChI=1S/C29H29ClN4OS/c30-25-12-8-23(9-13-25)20-36-29-33-26-15-16-31-18-27(26)34(29)19-22-6-10-24(11-7-22)28(35)32-17-14-21-4-2-1-3-5-21/h4,6-13,15-16,18H,1-3,5,14,17,19-20H2,(H,32,35). The maximum atomic E-state index is 12.6. The summed E-state index contributed by atoms with van der Waals surface area (Å²) in [4.78, 5) is 21.8. The summed E-state index contributed by atoms with van der Waals surface area (Å²) < 4.78 is 2.19. The van der Waals surface area contributed by atoms with Crippen molar-refractivity contribution in [2.45, 2.75) is 49.6 Å². The molecule has 1 N–H and O–H groups in total. The van der Waals surface area contributed by atoms with Crippen molar-refractivity contribution in [3.8, 4) is 0 Å². The highest BCUT2D eigenvalue weighted by Crippen LogP contribution is 2.28. The molecule has 0 saturated heterocycles. The van der Waals surface area contributed by atoms with Crippen LogP contribution in [0.5, 0.6) is 0 Å². The second-order valence-electron chi connectivity index (χ2n) is 9.07. The van der Waals surface area contributed by atoms with Gasteiger partial charge in [0.15, 0.2) is 5.16 Å². The number of thioether (sulfide) groups is 1. The third kappa shape index (κ3) is 6.18. The molecule has 0 radical (unpaired) electrons. The van der Waals surface area contributed by atoms with Crippen LogP contribution in [0.3, 0.4) is 0 Å². The number of imidazole rings is 1. The lowest BCUT2D eigenvalue weighted by molar-refractivity contribution is 0.0954. The van der Waals surface area contributed by atoms with E-state index < -0.39 is 0 Å². The first-order valence-electron chi connectivity index (χ1n) is 12.4. The van der Waals surface area contributed by atoms with Crippen molar-refractivity contribution >= 4 is 40.3 Å². The maximum Gasteiger partial charge on any atom is 0.251 e. The van der Waals surface area contributed by atoms with E-state index in [2.05, 4.69) is 20.9 Å². The molecule has 0 unspecified atom stereocenters. The van der Waals surface area contributed by atoms with Crippen LogP contribution in [-0.2, 0) is 12.3 Å². The van der Waals surface area contributed by atoms with Crippen LogP contribution in [0.4, 0.5) is 0 Å². The van der Waals surface area contributed by atoms with Crippen LogP contribution in [-0.4, -0.2) is 27.0 Å². The Hall–Kier alpha value is -3.09. The molecule has 5 rings (SSSR count). The molecule has 0 saturated carbocycles. The fourth-order valence-electron chi connectivity index (χ4n) is 4.45. The Balaban J connectivity index is 1.25. The van der Waals surface area contributed by atoms with Crippen molar-refractivity contribution in [3.63, 3.8) is 0 Å². The predicted molar refractivity (Wildman–Crippen MR) is 148 cm³/mol. The SMILES string of the molecule is O=C(NCCC1=CCCCC1)c1ccc(Cn2c(SCc3ccc(Cl)cc3)nc3ccncc32)cc1. The van der Waals surface area contributed by atoms with Gasteiger partial charge in [-0.05, 0) is 73.6 Å². The average molecular weight is 517 g/mol. The summed E-state index contributed by atoms with van der Waals surface area (Å²) in [6, 6.07) is 17.7. The Morgan fingerprint density at radius 1 is 1.03 bits per heavy atom. The summed E-state index contributed by atoms with van der Waals surface area (Å²) in [7, 11) is 0. The number of fused-ring (bicyclic) bond motifs is 1. The number of allylic oxidation sites excluding steroid dienone is 1. The second-order valence-corrected chi connectivity index (χ2v) is 10.4. The van der Waals surface area contributed by atoms with E-state index in [1.807, 2.05) is 60.8 Å². The number of nitrogens with one attached hydrogen (secondary N) is 1. The fraction of sp³-hybridized carbons (Fsp3) is 0.276. The molecule has 0 bridgehead atoms. The van der Waals surface area contributed by atoms with Crippen molar-refractivity contribution in [1.29, 1.82) is 0 Å². The first-order chi connectivity index (χ1) is 17.7. The van der Waals surface area contributed by atoms with Crippen molar-refractivity contribution in [2.24, 2.45) is 0 Å². The van der Waals surface area contributed by atoms with Gasteiger partial charge in [-0.15, -0.1) is 0 Å². The summed E-state index contributed by atoms with van der Waals surface area (Å²) in [5.74, 6) is 0.777. The maximum absolute atomic E-state index is 12.6. The number of carbonyl (C=O) groups is 1. The van der Waals surface area contributed by atoms with Crippen molar-refractivity contribution in [2.75, 3.05) is 6.54 Å². The number of hydrogen-bond acceptors (Lipinski definition) is 4. The number of hydrogen-bond donors (Lipinski definition) is 1. The van der Waals surface area contributed by atoms with E-state index in [-0.39, 0.29) is 5.91 Å². The molecule has 36 heavy (non-hydrogen) atoms.